The first kappa shape index (κ1) is 14.9. The summed E-state index contributed by atoms with van der Waals surface area (Å²) in [5, 5.41) is 4.72. The van der Waals surface area contributed by atoms with E-state index in [-0.39, 0.29) is 0 Å². The number of benzene rings is 1. The Hall–Kier alpha value is -0.540. The van der Waals surface area contributed by atoms with E-state index in [4.69, 9.17) is 23.2 Å². The first-order valence-electron chi connectivity index (χ1n) is 6.37. The highest BCUT2D eigenvalue weighted by Gasteiger charge is 2.12. The van der Waals surface area contributed by atoms with Gasteiger partial charge in [0.1, 0.15) is 0 Å². The highest BCUT2D eigenvalue weighted by Crippen LogP contribution is 2.35. The van der Waals surface area contributed by atoms with Crippen molar-refractivity contribution in [3.8, 4) is 10.4 Å². The van der Waals surface area contributed by atoms with Crippen molar-refractivity contribution in [3.63, 3.8) is 0 Å². The fourth-order valence-corrected chi connectivity index (χ4v) is 3.77. The van der Waals surface area contributed by atoms with Crippen LogP contribution < -0.4 is 5.32 Å². The monoisotopic (exact) mass is 313 g/mol. The SMILES string of the molecule is CCCC(NC)c1ccc(-c2cc(Cl)cc(Cl)c2)s1. The van der Waals surface area contributed by atoms with Crippen LogP contribution in [0.3, 0.4) is 0 Å². The van der Waals surface area contributed by atoms with E-state index in [1.807, 2.05) is 19.2 Å². The molecule has 1 aromatic carbocycles. The van der Waals surface area contributed by atoms with Gasteiger partial charge in [-0.2, -0.15) is 0 Å². The average molecular weight is 314 g/mol. The van der Waals surface area contributed by atoms with Gasteiger partial charge in [-0.1, -0.05) is 36.5 Å². The lowest BCUT2D eigenvalue weighted by Crippen LogP contribution is -2.14. The molecule has 2 rings (SSSR count). The standard InChI is InChI=1S/C15H17Cl2NS/c1-3-4-13(18-2)15-6-5-14(19-15)10-7-11(16)9-12(17)8-10/h5-9,13,18H,3-4H2,1-2H3. The molecule has 2 aromatic rings. The second kappa shape index (κ2) is 6.76. The predicted molar refractivity (Wildman–Crippen MR) is 86.5 cm³/mol. The highest BCUT2D eigenvalue weighted by atomic mass is 35.5. The smallest absolute Gasteiger partial charge is 0.0427 e. The molecule has 0 aliphatic heterocycles. The third kappa shape index (κ3) is 3.73. The minimum absolute atomic E-state index is 0.429. The van der Waals surface area contributed by atoms with Crippen LogP contribution in [0.15, 0.2) is 30.3 Å². The first-order valence-corrected chi connectivity index (χ1v) is 7.94. The van der Waals surface area contributed by atoms with Gasteiger partial charge in [0.25, 0.3) is 0 Å². The van der Waals surface area contributed by atoms with E-state index in [2.05, 4.69) is 24.4 Å². The first-order chi connectivity index (χ1) is 9.13. The van der Waals surface area contributed by atoms with Crippen LogP contribution in [0.1, 0.15) is 30.7 Å². The van der Waals surface area contributed by atoms with Crippen molar-refractivity contribution in [3.05, 3.63) is 45.3 Å². The van der Waals surface area contributed by atoms with E-state index in [9.17, 15) is 0 Å². The van der Waals surface area contributed by atoms with E-state index in [0.29, 0.717) is 16.1 Å². The Morgan fingerprint density at radius 3 is 2.42 bits per heavy atom. The van der Waals surface area contributed by atoms with Crippen LogP contribution in [0.2, 0.25) is 10.0 Å². The molecule has 102 valence electrons. The Balaban J connectivity index is 2.29. The Morgan fingerprint density at radius 2 is 1.84 bits per heavy atom. The summed E-state index contributed by atoms with van der Waals surface area (Å²) in [5.41, 5.74) is 1.08. The number of rotatable bonds is 5. The van der Waals surface area contributed by atoms with Crippen molar-refractivity contribution in [1.82, 2.24) is 5.32 Å². The van der Waals surface area contributed by atoms with Crippen LogP contribution in [-0.4, -0.2) is 7.05 Å². The zero-order valence-corrected chi connectivity index (χ0v) is 13.4. The molecular weight excluding hydrogens is 297 g/mol. The molecule has 0 bridgehead atoms. The molecule has 0 saturated heterocycles. The maximum absolute atomic E-state index is 6.05. The lowest BCUT2D eigenvalue weighted by Gasteiger charge is -2.12. The number of hydrogen-bond acceptors (Lipinski definition) is 2. The molecule has 0 saturated carbocycles. The zero-order valence-electron chi connectivity index (χ0n) is 11.0. The molecule has 0 aliphatic rings. The van der Waals surface area contributed by atoms with Crippen molar-refractivity contribution in [2.75, 3.05) is 7.05 Å². The molecule has 0 amide bonds. The van der Waals surface area contributed by atoms with Gasteiger partial charge < -0.3 is 5.32 Å². The summed E-state index contributed by atoms with van der Waals surface area (Å²) in [6.45, 7) is 2.20. The molecule has 1 unspecified atom stereocenters. The van der Waals surface area contributed by atoms with Crippen LogP contribution in [0.4, 0.5) is 0 Å². The lowest BCUT2D eigenvalue weighted by molar-refractivity contribution is 0.550. The van der Waals surface area contributed by atoms with E-state index in [1.54, 1.807) is 17.4 Å². The van der Waals surface area contributed by atoms with E-state index >= 15 is 0 Å². The van der Waals surface area contributed by atoms with Crippen LogP contribution in [0.5, 0.6) is 0 Å². The fourth-order valence-electron chi connectivity index (χ4n) is 2.11. The lowest BCUT2D eigenvalue weighted by atomic mass is 10.1. The topological polar surface area (TPSA) is 12.0 Å². The van der Waals surface area contributed by atoms with Gasteiger partial charge in [0.2, 0.25) is 0 Å². The predicted octanol–water partition coefficient (Wildman–Crippen LogP) is 5.78. The van der Waals surface area contributed by atoms with Crippen LogP contribution >= 0.6 is 34.5 Å². The Labute approximate surface area is 128 Å². The molecule has 0 fully saturated rings. The molecule has 4 heteroatoms. The largest absolute Gasteiger partial charge is 0.312 e. The minimum atomic E-state index is 0.429. The van der Waals surface area contributed by atoms with Crippen LogP contribution in [0, 0.1) is 0 Å². The Morgan fingerprint density at radius 1 is 1.16 bits per heavy atom. The molecule has 1 N–H and O–H groups in total. The highest BCUT2D eigenvalue weighted by molar-refractivity contribution is 7.15. The van der Waals surface area contributed by atoms with Gasteiger partial charge in [-0.25, -0.2) is 0 Å². The fraction of sp³-hybridized carbons (Fsp3) is 0.333. The molecule has 1 aromatic heterocycles. The normalized spacial score (nSPS) is 12.6. The second-order valence-corrected chi connectivity index (χ2v) is 6.48. The summed E-state index contributed by atoms with van der Waals surface area (Å²) in [5.74, 6) is 0. The Kier molecular flexibility index (Phi) is 5.28. The molecule has 0 spiro atoms. The van der Waals surface area contributed by atoms with Crippen LogP contribution in [-0.2, 0) is 0 Å². The second-order valence-electron chi connectivity index (χ2n) is 4.49. The molecule has 0 radical (unpaired) electrons. The number of halogens is 2. The number of hydrogen-bond donors (Lipinski definition) is 1. The maximum atomic E-state index is 6.05. The Bertz CT molecular complexity index is 531. The van der Waals surface area contributed by atoms with Gasteiger partial charge in [0.05, 0.1) is 0 Å². The molecular formula is C15H17Cl2NS. The van der Waals surface area contributed by atoms with E-state index < -0.39 is 0 Å². The summed E-state index contributed by atoms with van der Waals surface area (Å²) in [7, 11) is 2.01. The van der Waals surface area contributed by atoms with Crippen molar-refractivity contribution in [1.29, 1.82) is 0 Å². The van der Waals surface area contributed by atoms with Gasteiger partial charge in [0, 0.05) is 25.8 Å². The molecule has 19 heavy (non-hydrogen) atoms. The third-order valence-corrected chi connectivity index (χ3v) is 4.73. The van der Waals surface area contributed by atoms with E-state index in [0.717, 1.165) is 12.0 Å². The third-order valence-electron chi connectivity index (χ3n) is 3.04. The maximum Gasteiger partial charge on any atom is 0.0427 e. The molecule has 1 nitrogen and oxygen atoms in total. The van der Waals surface area contributed by atoms with Crippen molar-refractivity contribution < 1.29 is 0 Å². The zero-order chi connectivity index (χ0) is 13.8. The molecule has 1 atom stereocenters. The average Bonchev–Trinajstić information content (AvgIpc) is 2.84. The summed E-state index contributed by atoms with van der Waals surface area (Å²) < 4.78 is 0. The minimum Gasteiger partial charge on any atom is -0.312 e. The molecule has 0 aliphatic carbocycles. The van der Waals surface area contributed by atoms with Gasteiger partial charge in [-0.05, 0) is 49.4 Å². The van der Waals surface area contributed by atoms with Crippen molar-refractivity contribution in [2.45, 2.75) is 25.8 Å². The molecule has 1 heterocycles. The summed E-state index contributed by atoms with van der Waals surface area (Å²) in [6, 6.07) is 10.4. The van der Waals surface area contributed by atoms with Gasteiger partial charge in [-0.3, -0.25) is 0 Å². The number of thiophene rings is 1. The van der Waals surface area contributed by atoms with Crippen LogP contribution in [0.25, 0.3) is 10.4 Å². The van der Waals surface area contributed by atoms with Gasteiger partial charge >= 0.3 is 0 Å². The quantitative estimate of drug-likeness (QED) is 0.737. The number of nitrogens with one attached hydrogen (secondary N) is 1. The summed E-state index contributed by atoms with van der Waals surface area (Å²) in [4.78, 5) is 2.56. The summed E-state index contributed by atoms with van der Waals surface area (Å²) >= 11 is 13.9. The van der Waals surface area contributed by atoms with Crippen molar-refractivity contribution in [2.24, 2.45) is 0 Å². The van der Waals surface area contributed by atoms with Crippen molar-refractivity contribution >= 4 is 34.5 Å². The van der Waals surface area contributed by atoms with E-state index in [1.165, 1.54) is 16.2 Å². The van der Waals surface area contributed by atoms with Gasteiger partial charge in [0.15, 0.2) is 0 Å². The van der Waals surface area contributed by atoms with Gasteiger partial charge in [-0.15, -0.1) is 11.3 Å². The summed E-state index contributed by atoms with van der Waals surface area (Å²) in [6.07, 6.45) is 2.31.